The highest BCUT2D eigenvalue weighted by Gasteiger charge is 1.83. The number of hydrogen-bond donors (Lipinski definition) is 0. The molecule has 1 heterocycles. The summed E-state index contributed by atoms with van der Waals surface area (Å²) in [5.41, 5.74) is 0.999. The summed E-state index contributed by atoms with van der Waals surface area (Å²) in [6.45, 7) is 0. The van der Waals surface area contributed by atoms with Gasteiger partial charge in [-0.15, -0.1) is 0 Å². The highest BCUT2D eigenvalue weighted by molar-refractivity contribution is 7.07. The molecule has 0 bridgehead atoms. The first kappa shape index (κ1) is 8.20. The molecule has 0 aliphatic rings. The normalized spacial score (nSPS) is 9.54. The first-order chi connectivity index (χ1) is 6.45. The average Bonchev–Trinajstić information content (AvgIpc) is 2.21. The van der Waals surface area contributed by atoms with E-state index in [1.54, 1.807) is 11.3 Å². The van der Waals surface area contributed by atoms with Crippen molar-refractivity contribution in [1.29, 1.82) is 0 Å². The third-order valence-electron chi connectivity index (χ3n) is 1.65. The van der Waals surface area contributed by atoms with Crippen molar-refractivity contribution in [3.8, 4) is 0 Å². The number of hydrogen-bond acceptors (Lipinski definition) is 2. The zero-order valence-electron chi connectivity index (χ0n) is 7.05. The Hall–Kier alpha value is -1.41. The molecule has 2 rings (SSSR count). The van der Waals surface area contributed by atoms with Crippen LogP contribution in [0.3, 0.4) is 0 Å². The van der Waals surface area contributed by atoms with Crippen LogP contribution < -0.4 is 5.36 Å². The van der Waals surface area contributed by atoms with Crippen molar-refractivity contribution < 1.29 is 0 Å². The maximum Gasteiger partial charge on any atom is 0.0652 e. The molecule has 0 aliphatic carbocycles. The van der Waals surface area contributed by atoms with Crippen LogP contribution in [0.15, 0.2) is 58.2 Å². The molecule has 1 nitrogen and oxygen atoms in total. The summed E-state index contributed by atoms with van der Waals surface area (Å²) < 4.78 is 0. The van der Waals surface area contributed by atoms with E-state index >= 15 is 0 Å². The van der Waals surface area contributed by atoms with Gasteiger partial charge in [0, 0.05) is 0 Å². The van der Waals surface area contributed by atoms with Crippen LogP contribution in [0, 0.1) is 0 Å². The molecule has 64 valence electrons. The Kier molecular flexibility index (Phi) is 2.53. The molecule has 0 saturated carbocycles. The molecule has 2 aromatic rings. The molecule has 0 aliphatic heterocycles. The molecule has 0 atom stereocenters. The van der Waals surface area contributed by atoms with Gasteiger partial charge in [0.1, 0.15) is 0 Å². The van der Waals surface area contributed by atoms with Crippen molar-refractivity contribution in [3.05, 3.63) is 58.6 Å². The van der Waals surface area contributed by atoms with Crippen LogP contribution in [0.4, 0.5) is 5.69 Å². The fourth-order valence-electron chi connectivity index (χ4n) is 1.05. The van der Waals surface area contributed by atoms with Crippen LogP contribution in [0.25, 0.3) is 0 Å². The van der Waals surface area contributed by atoms with Crippen molar-refractivity contribution in [3.63, 3.8) is 0 Å². The van der Waals surface area contributed by atoms with Crippen LogP contribution >= 0.6 is 11.3 Å². The molecule has 0 fully saturated rings. The molecule has 0 amide bonds. The molecular formula is C11H9NS. The topological polar surface area (TPSA) is 12.4 Å². The highest BCUT2D eigenvalue weighted by atomic mass is 32.1. The minimum Gasteiger partial charge on any atom is -0.249 e. The third-order valence-corrected chi connectivity index (χ3v) is 2.24. The van der Waals surface area contributed by atoms with Gasteiger partial charge < -0.3 is 0 Å². The van der Waals surface area contributed by atoms with E-state index in [0.29, 0.717) is 0 Å². The second-order valence-corrected chi connectivity index (χ2v) is 3.43. The van der Waals surface area contributed by atoms with Gasteiger partial charge in [0.2, 0.25) is 0 Å². The van der Waals surface area contributed by atoms with Gasteiger partial charge in [0.15, 0.2) is 0 Å². The Morgan fingerprint density at radius 3 is 2.23 bits per heavy atom. The van der Waals surface area contributed by atoms with Gasteiger partial charge in [-0.3, -0.25) is 0 Å². The molecule has 0 saturated heterocycles. The predicted molar refractivity (Wildman–Crippen MR) is 56.0 cm³/mol. The van der Waals surface area contributed by atoms with E-state index in [1.165, 1.54) is 0 Å². The number of nitrogens with zero attached hydrogens (tertiary/aromatic N) is 1. The summed E-state index contributed by atoms with van der Waals surface area (Å²) >= 11 is 1.67. The summed E-state index contributed by atoms with van der Waals surface area (Å²) in [5.74, 6) is 0. The molecule has 0 N–H and O–H groups in total. The average molecular weight is 187 g/mol. The van der Waals surface area contributed by atoms with Gasteiger partial charge in [0.25, 0.3) is 0 Å². The van der Waals surface area contributed by atoms with E-state index < -0.39 is 0 Å². The standard InChI is InChI=1S/C11H9NS/c1-2-4-10(5-3-1)12-11-6-8-13-9-7-11/h1-9H. The molecule has 1 aromatic heterocycles. The molecule has 1 aromatic carbocycles. The SMILES string of the molecule is c1ccc(N=c2ccscc2)cc1. The number of rotatable bonds is 1. The molecule has 0 spiro atoms. The molecule has 2 heteroatoms. The first-order valence-electron chi connectivity index (χ1n) is 4.07. The molecule has 13 heavy (non-hydrogen) atoms. The maximum atomic E-state index is 4.45. The van der Waals surface area contributed by atoms with E-state index in [9.17, 15) is 0 Å². The van der Waals surface area contributed by atoms with Crippen LogP contribution in [-0.2, 0) is 0 Å². The zero-order chi connectivity index (χ0) is 8.93. The van der Waals surface area contributed by atoms with Crippen molar-refractivity contribution in [1.82, 2.24) is 0 Å². The minimum atomic E-state index is 0.999. The number of benzene rings is 1. The van der Waals surface area contributed by atoms with Crippen LogP contribution in [0.1, 0.15) is 0 Å². The monoisotopic (exact) mass is 187 g/mol. The molecule has 0 unspecified atom stereocenters. The lowest BCUT2D eigenvalue weighted by molar-refractivity contribution is 1.36. The Morgan fingerprint density at radius 2 is 1.54 bits per heavy atom. The zero-order valence-corrected chi connectivity index (χ0v) is 7.87. The van der Waals surface area contributed by atoms with Gasteiger partial charge in [-0.25, -0.2) is 4.99 Å². The van der Waals surface area contributed by atoms with Gasteiger partial charge in [0.05, 0.1) is 11.0 Å². The quantitative estimate of drug-likeness (QED) is 0.651. The largest absolute Gasteiger partial charge is 0.249 e. The van der Waals surface area contributed by atoms with Crippen LogP contribution in [0.2, 0.25) is 0 Å². The lowest BCUT2D eigenvalue weighted by Crippen LogP contribution is -1.94. The second-order valence-electron chi connectivity index (χ2n) is 2.61. The Bertz CT molecular complexity index is 414. The van der Waals surface area contributed by atoms with E-state index in [2.05, 4.69) is 4.99 Å². The number of para-hydroxylation sites is 1. The van der Waals surface area contributed by atoms with E-state index in [-0.39, 0.29) is 0 Å². The van der Waals surface area contributed by atoms with Gasteiger partial charge >= 0.3 is 0 Å². The van der Waals surface area contributed by atoms with E-state index in [4.69, 9.17) is 0 Å². The fraction of sp³-hybridized carbons (Fsp3) is 0. The van der Waals surface area contributed by atoms with Gasteiger partial charge in [-0.05, 0) is 35.0 Å². The van der Waals surface area contributed by atoms with Crippen molar-refractivity contribution in [2.75, 3.05) is 0 Å². The minimum absolute atomic E-state index is 0.999. The van der Waals surface area contributed by atoms with Crippen molar-refractivity contribution >= 4 is 17.0 Å². The Morgan fingerprint density at radius 1 is 0.846 bits per heavy atom. The summed E-state index contributed by atoms with van der Waals surface area (Å²) in [7, 11) is 0. The summed E-state index contributed by atoms with van der Waals surface area (Å²) in [6, 6.07) is 14.0. The predicted octanol–water partition coefficient (Wildman–Crippen LogP) is 2.98. The van der Waals surface area contributed by atoms with Crippen molar-refractivity contribution in [2.24, 2.45) is 4.99 Å². The van der Waals surface area contributed by atoms with Crippen LogP contribution in [0.5, 0.6) is 0 Å². The lowest BCUT2D eigenvalue weighted by Gasteiger charge is -1.90. The van der Waals surface area contributed by atoms with Crippen LogP contribution in [-0.4, -0.2) is 0 Å². The summed E-state index contributed by atoms with van der Waals surface area (Å²) in [5, 5.41) is 5.06. The lowest BCUT2D eigenvalue weighted by atomic mass is 10.3. The maximum absolute atomic E-state index is 4.45. The third kappa shape index (κ3) is 2.26. The van der Waals surface area contributed by atoms with Gasteiger partial charge in [-0.1, -0.05) is 18.2 Å². The second kappa shape index (κ2) is 4.01. The van der Waals surface area contributed by atoms with Gasteiger partial charge in [-0.2, -0.15) is 11.3 Å². The fourth-order valence-corrected chi connectivity index (χ4v) is 1.57. The Balaban J connectivity index is 2.43. The van der Waals surface area contributed by atoms with E-state index in [1.807, 2.05) is 53.2 Å². The molecular weight excluding hydrogens is 178 g/mol. The Labute approximate surface area is 81.0 Å². The van der Waals surface area contributed by atoms with E-state index in [0.717, 1.165) is 11.0 Å². The smallest absolute Gasteiger partial charge is 0.0652 e. The first-order valence-corrected chi connectivity index (χ1v) is 5.02. The summed E-state index contributed by atoms with van der Waals surface area (Å²) in [6.07, 6.45) is 0. The van der Waals surface area contributed by atoms with Crippen molar-refractivity contribution in [2.45, 2.75) is 0 Å². The molecule has 0 radical (unpaired) electrons. The summed E-state index contributed by atoms with van der Waals surface area (Å²) in [4.78, 5) is 4.45. The highest BCUT2D eigenvalue weighted by Crippen LogP contribution is 2.07.